The van der Waals surface area contributed by atoms with E-state index in [1.807, 2.05) is 0 Å². The van der Waals surface area contributed by atoms with Gasteiger partial charge in [-0.05, 0) is 29.8 Å². The smallest absolute Gasteiger partial charge is 0.322 e. The standard InChI is InChI=1S/C17H11FN4O4/c18-11-5-3-10(4-6-11)8-15-20-21-17(25-15)19-16(23)12-9-14(26-22-12)13-2-1-7-24-13/h1-7,9H,8H2,(H,19,21,23). The predicted octanol–water partition coefficient (Wildman–Crippen LogP) is 3.30. The number of anilines is 1. The van der Waals surface area contributed by atoms with Crippen molar-refractivity contribution in [3.05, 3.63) is 71.7 Å². The van der Waals surface area contributed by atoms with Gasteiger partial charge in [-0.25, -0.2) is 4.39 Å². The molecule has 1 aromatic carbocycles. The average Bonchev–Trinajstić information content (AvgIpc) is 3.38. The maximum absolute atomic E-state index is 12.9. The van der Waals surface area contributed by atoms with Crippen LogP contribution in [-0.2, 0) is 6.42 Å². The van der Waals surface area contributed by atoms with Gasteiger partial charge >= 0.3 is 6.01 Å². The third kappa shape index (κ3) is 3.36. The van der Waals surface area contributed by atoms with Gasteiger partial charge in [-0.2, -0.15) is 0 Å². The minimum absolute atomic E-state index is 0.0367. The van der Waals surface area contributed by atoms with E-state index in [1.54, 1.807) is 24.3 Å². The molecule has 0 radical (unpaired) electrons. The summed E-state index contributed by atoms with van der Waals surface area (Å²) >= 11 is 0. The van der Waals surface area contributed by atoms with Gasteiger partial charge in [0.1, 0.15) is 5.82 Å². The van der Waals surface area contributed by atoms with Crippen LogP contribution in [0, 0.1) is 5.82 Å². The quantitative estimate of drug-likeness (QED) is 0.586. The van der Waals surface area contributed by atoms with E-state index in [1.165, 1.54) is 24.5 Å². The second-order valence-electron chi connectivity index (χ2n) is 5.31. The summed E-state index contributed by atoms with van der Waals surface area (Å²) in [7, 11) is 0. The lowest BCUT2D eigenvalue weighted by Crippen LogP contribution is -2.12. The molecule has 0 atom stereocenters. The first-order valence-corrected chi connectivity index (χ1v) is 7.56. The molecular formula is C17H11FN4O4. The Balaban J connectivity index is 1.42. The van der Waals surface area contributed by atoms with Gasteiger partial charge in [0, 0.05) is 6.07 Å². The normalized spacial score (nSPS) is 10.8. The molecule has 0 bridgehead atoms. The van der Waals surface area contributed by atoms with Gasteiger partial charge in [0.15, 0.2) is 11.5 Å². The number of amides is 1. The van der Waals surface area contributed by atoms with E-state index in [0.717, 1.165) is 5.56 Å². The van der Waals surface area contributed by atoms with E-state index in [2.05, 4.69) is 20.7 Å². The van der Waals surface area contributed by atoms with Crippen LogP contribution in [0.5, 0.6) is 0 Å². The van der Waals surface area contributed by atoms with Crippen LogP contribution in [0.2, 0.25) is 0 Å². The van der Waals surface area contributed by atoms with Crippen molar-refractivity contribution in [3.63, 3.8) is 0 Å². The molecule has 1 amide bonds. The fourth-order valence-electron chi connectivity index (χ4n) is 2.23. The Morgan fingerprint density at radius 1 is 1.12 bits per heavy atom. The van der Waals surface area contributed by atoms with Crippen molar-refractivity contribution in [2.24, 2.45) is 0 Å². The van der Waals surface area contributed by atoms with E-state index in [9.17, 15) is 9.18 Å². The maximum Gasteiger partial charge on any atom is 0.322 e. The monoisotopic (exact) mass is 354 g/mol. The zero-order valence-corrected chi connectivity index (χ0v) is 13.2. The molecule has 3 aromatic heterocycles. The first-order valence-electron chi connectivity index (χ1n) is 7.56. The van der Waals surface area contributed by atoms with Gasteiger partial charge in [0.05, 0.1) is 12.7 Å². The zero-order chi connectivity index (χ0) is 17.9. The molecule has 4 rings (SSSR count). The molecule has 0 saturated heterocycles. The summed E-state index contributed by atoms with van der Waals surface area (Å²) in [5, 5.41) is 13.7. The minimum Gasteiger partial charge on any atom is -0.461 e. The van der Waals surface area contributed by atoms with Crippen molar-refractivity contribution in [2.45, 2.75) is 6.42 Å². The molecule has 0 fully saturated rings. The number of furan rings is 1. The second kappa shape index (κ2) is 6.63. The van der Waals surface area contributed by atoms with E-state index < -0.39 is 5.91 Å². The minimum atomic E-state index is -0.566. The Kier molecular flexibility index (Phi) is 4.02. The fourth-order valence-corrected chi connectivity index (χ4v) is 2.23. The van der Waals surface area contributed by atoms with Crippen molar-refractivity contribution in [3.8, 4) is 11.5 Å². The molecule has 0 aliphatic heterocycles. The topological polar surface area (TPSA) is 107 Å². The Labute approximate surface area is 145 Å². The highest BCUT2D eigenvalue weighted by Crippen LogP contribution is 2.21. The molecule has 8 nitrogen and oxygen atoms in total. The van der Waals surface area contributed by atoms with Crippen LogP contribution in [0.4, 0.5) is 10.4 Å². The first kappa shape index (κ1) is 15.8. The summed E-state index contributed by atoms with van der Waals surface area (Å²) < 4.78 is 28.5. The Morgan fingerprint density at radius 3 is 2.73 bits per heavy atom. The summed E-state index contributed by atoms with van der Waals surface area (Å²) in [4.78, 5) is 12.2. The maximum atomic E-state index is 12.9. The van der Waals surface area contributed by atoms with Crippen LogP contribution in [0.15, 0.2) is 62.1 Å². The van der Waals surface area contributed by atoms with Gasteiger partial charge < -0.3 is 13.4 Å². The average molecular weight is 354 g/mol. The number of carbonyl (C=O) groups excluding carboxylic acids is 1. The molecule has 0 aliphatic carbocycles. The summed E-state index contributed by atoms with van der Waals surface area (Å²) in [5.74, 6) is 0.166. The highest BCUT2D eigenvalue weighted by atomic mass is 19.1. The second-order valence-corrected chi connectivity index (χ2v) is 5.31. The lowest BCUT2D eigenvalue weighted by atomic mass is 10.1. The summed E-state index contributed by atoms with van der Waals surface area (Å²) in [6, 6.07) is 10.7. The van der Waals surface area contributed by atoms with E-state index in [-0.39, 0.29) is 23.4 Å². The number of benzene rings is 1. The van der Waals surface area contributed by atoms with Gasteiger partial charge in [0.25, 0.3) is 5.91 Å². The van der Waals surface area contributed by atoms with E-state index in [0.29, 0.717) is 17.9 Å². The molecule has 1 N–H and O–H groups in total. The van der Waals surface area contributed by atoms with Crippen molar-refractivity contribution >= 4 is 11.9 Å². The molecule has 9 heteroatoms. The van der Waals surface area contributed by atoms with Gasteiger partial charge in [-0.1, -0.05) is 22.4 Å². The number of hydrogen-bond acceptors (Lipinski definition) is 7. The SMILES string of the molecule is O=C(Nc1nnc(Cc2ccc(F)cc2)o1)c1cc(-c2ccco2)on1. The molecule has 0 aliphatic rings. The van der Waals surface area contributed by atoms with Crippen molar-refractivity contribution in [1.82, 2.24) is 15.4 Å². The largest absolute Gasteiger partial charge is 0.461 e. The zero-order valence-electron chi connectivity index (χ0n) is 13.2. The van der Waals surface area contributed by atoms with Crippen LogP contribution < -0.4 is 5.32 Å². The van der Waals surface area contributed by atoms with Gasteiger partial charge in [-0.15, -0.1) is 5.10 Å². The fraction of sp³-hybridized carbons (Fsp3) is 0.0588. The van der Waals surface area contributed by atoms with Gasteiger partial charge in [-0.3, -0.25) is 10.1 Å². The molecule has 0 spiro atoms. The number of carbonyl (C=O) groups is 1. The Morgan fingerprint density at radius 2 is 1.96 bits per heavy atom. The van der Waals surface area contributed by atoms with Crippen LogP contribution in [-0.4, -0.2) is 21.3 Å². The molecule has 4 aromatic rings. The summed E-state index contributed by atoms with van der Waals surface area (Å²) in [5.41, 5.74) is 0.835. The third-order valence-corrected chi connectivity index (χ3v) is 3.46. The van der Waals surface area contributed by atoms with E-state index in [4.69, 9.17) is 13.4 Å². The number of halogens is 1. The van der Waals surface area contributed by atoms with Crippen LogP contribution in [0.1, 0.15) is 21.9 Å². The number of nitrogens with zero attached hydrogens (tertiary/aromatic N) is 3. The molecule has 3 heterocycles. The van der Waals surface area contributed by atoms with Crippen LogP contribution in [0.25, 0.3) is 11.5 Å². The molecule has 130 valence electrons. The van der Waals surface area contributed by atoms with Crippen molar-refractivity contribution < 1.29 is 22.5 Å². The number of hydrogen-bond donors (Lipinski definition) is 1. The lowest BCUT2D eigenvalue weighted by Gasteiger charge is -1.97. The molecule has 26 heavy (non-hydrogen) atoms. The number of rotatable bonds is 5. The van der Waals surface area contributed by atoms with Crippen LogP contribution in [0.3, 0.4) is 0 Å². The molecular weight excluding hydrogens is 343 g/mol. The van der Waals surface area contributed by atoms with Crippen molar-refractivity contribution in [2.75, 3.05) is 5.32 Å². The Bertz CT molecular complexity index is 1020. The summed E-state index contributed by atoms with van der Waals surface area (Å²) in [6.45, 7) is 0. The highest BCUT2D eigenvalue weighted by Gasteiger charge is 2.17. The highest BCUT2D eigenvalue weighted by molar-refractivity contribution is 6.01. The lowest BCUT2D eigenvalue weighted by molar-refractivity contribution is 0.101. The van der Waals surface area contributed by atoms with Gasteiger partial charge in [0.2, 0.25) is 11.7 Å². The third-order valence-electron chi connectivity index (χ3n) is 3.46. The van der Waals surface area contributed by atoms with E-state index >= 15 is 0 Å². The summed E-state index contributed by atoms with van der Waals surface area (Å²) in [6.07, 6.45) is 1.80. The Hall–Kier alpha value is -3.75. The molecule has 0 unspecified atom stereocenters. The van der Waals surface area contributed by atoms with Crippen LogP contribution >= 0.6 is 0 Å². The first-order chi connectivity index (χ1) is 12.7. The molecule has 0 saturated carbocycles. The van der Waals surface area contributed by atoms with Crippen molar-refractivity contribution in [1.29, 1.82) is 0 Å². The number of nitrogens with one attached hydrogen (secondary N) is 1. The number of aromatic nitrogens is 3. The predicted molar refractivity (Wildman–Crippen MR) is 85.7 cm³/mol.